The summed E-state index contributed by atoms with van der Waals surface area (Å²) in [6, 6.07) is 1.39. The van der Waals surface area contributed by atoms with Gasteiger partial charge in [-0.25, -0.2) is 10.3 Å². The second-order valence-corrected chi connectivity index (χ2v) is 3.95. The van der Waals surface area contributed by atoms with Crippen LogP contribution in [-0.4, -0.2) is 13.7 Å². The average molecular weight is 278 g/mol. The fourth-order valence-corrected chi connectivity index (χ4v) is 1.87. The number of hydrogen-bond acceptors (Lipinski definition) is 3. The second-order valence-electron chi connectivity index (χ2n) is 3.10. The summed E-state index contributed by atoms with van der Waals surface area (Å²) in [4.78, 5) is 4.49. The third-order valence-electron chi connectivity index (χ3n) is 2.23. The first-order valence-electron chi connectivity index (χ1n) is 4.45. The quantitative estimate of drug-likeness (QED) is 0.860. The molecule has 0 saturated heterocycles. The lowest BCUT2D eigenvalue weighted by atomic mass is 10.0. The van der Waals surface area contributed by atoms with Gasteiger partial charge in [0.1, 0.15) is 0 Å². The standard InChI is InChI=1S/C10H13BrFNO2/c1-6-7(3-4-15-13)10(14-2)9(12)5-8(6)11/h5H,3-4,13H2,1-2H3. The van der Waals surface area contributed by atoms with E-state index in [0.717, 1.165) is 11.1 Å². The molecule has 0 spiro atoms. The van der Waals surface area contributed by atoms with Crippen LogP contribution in [0.5, 0.6) is 5.75 Å². The van der Waals surface area contributed by atoms with E-state index in [1.807, 2.05) is 6.92 Å². The third-order valence-corrected chi connectivity index (χ3v) is 3.05. The van der Waals surface area contributed by atoms with Crippen molar-refractivity contribution in [2.24, 2.45) is 5.90 Å². The minimum absolute atomic E-state index is 0.257. The van der Waals surface area contributed by atoms with E-state index in [0.29, 0.717) is 17.5 Å². The van der Waals surface area contributed by atoms with Crippen molar-refractivity contribution in [1.29, 1.82) is 0 Å². The molecule has 5 heteroatoms. The van der Waals surface area contributed by atoms with Gasteiger partial charge in [0.25, 0.3) is 0 Å². The highest BCUT2D eigenvalue weighted by molar-refractivity contribution is 9.10. The molecule has 15 heavy (non-hydrogen) atoms. The maximum absolute atomic E-state index is 13.5. The summed E-state index contributed by atoms with van der Waals surface area (Å²) in [5.74, 6) is 4.82. The highest BCUT2D eigenvalue weighted by atomic mass is 79.9. The molecular formula is C10H13BrFNO2. The van der Waals surface area contributed by atoms with Crippen LogP contribution in [-0.2, 0) is 11.3 Å². The van der Waals surface area contributed by atoms with E-state index in [1.54, 1.807) is 0 Å². The maximum atomic E-state index is 13.5. The Kier molecular flexibility index (Phi) is 4.50. The number of methoxy groups -OCH3 is 1. The van der Waals surface area contributed by atoms with Gasteiger partial charge in [-0.05, 0) is 18.6 Å². The van der Waals surface area contributed by atoms with Crippen molar-refractivity contribution >= 4 is 15.9 Å². The van der Waals surface area contributed by atoms with Crippen molar-refractivity contribution in [3.63, 3.8) is 0 Å². The Morgan fingerprint density at radius 1 is 1.53 bits per heavy atom. The Labute approximate surface area is 96.4 Å². The Hall–Kier alpha value is -0.650. The molecule has 1 aromatic carbocycles. The normalized spacial score (nSPS) is 10.5. The van der Waals surface area contributed by atoms with Gasteiger partial charge in [-0.15, -0.1) is 0 Å². The number of rotatable bonds is 4. The minimum Gasteiger partial charge on any atom is -0.493 e. The monoisotopic (exact) mass is 277 g/mol. The molecule has 0 amide bonds. The molecule has 0 saturated carbocycles. The summed E-state index contributed by atoms with van der Waals surface area (Å²) in [5.41, 5.74) is 1.71. The van der Waals surface area contributed by atoms with Gasteiger partial charge in [-0.3, -0.25) is 0 Å². The fourth-order valence-electron chi connectivity index (χ4n) is 1.43. The number of benzene rings is 1. The lowest BCUT2D eigenvalue weighted by Crippen LogP contribution is -2.07. The van der Waals surface area contributed by atoms with Gasteiger partial charge in [-0.2, -0.15) is 0 Å². The lowest BCUT2D eigenvalue weighted by Gasteiger charge is -2.13. The van der Waals surface area contributed by atoms with Crippen LogP contribution in [0.2, 0.25) is 0 Å². The summed E-state index contributed by atoms with van der Waals surface area (Å²) in [7, 11) is 1.44. The number of hydrogen-bond donors (Lipinski definition) is 1. The van der Waals surface area contributed by atoms with E-state index in [4.69, 9.17) is 10.6 Å². The van der Waals surface area contributed by atoms with E-state index < -0.39 is 0 Å². The van der Waals surface area contributed by atoms with E-state index in [1.165, 1.54) is 13.2 Å². The van der Waals surface area contributed by atoms with Crippen molar-refractivity contribution in [2.45, 2.75) is 13.3 Å². The molecule has 0 aliphatic heterocycles. The Morgan fingerprint density at radius 2 is 2.20 bits per heavy atom. The van der Waals surface area contributed by atoms with Crippen molar-refractivity contribution in [2.75, 3.05) is 13.7 Å². The Balaban J connectivity index is 3.18. The number of halogens is 2. The number of nitrogens with two attached hydrogens (primary N) is 1. The van der Waals surface area contributed by atoms with Gasteiger partial charge in [-0.1, -0.05) is 15.9 Å². The first kappa shape index (κ1) is 12.4. The van der Waals surface area contributed by atoms with Gasteiger partial charge in [0, 0.05) is 16.5 Å². The summed E-state index contributed by atoms with van der Waals surface area (Å²) >= 11 is 3.28. The molecule has 0 radical (unpaired) electrons. The van der Waals surface area contributed by atoms with Crippen molar-refractivity contribution in [1.82, 2.24) is 0 Å². The van der Waals surface area contributed by atoms with Crippen LogP contribution in [0, 0.1) is 12.7 Å². The summed E-state index contributed by atoms with van der Waals surface area (Å²) in [6.45, 7) is 2.21. The largest absolute Gasteiger partial charge is 0.493 e. The Morgan fingerprint density at radius 3 is 2.73 bits per heavy atom. The topological polar surface area (TPSA) is 44.5 Å². The minimum atomic E-state index is -0.387. The molecule has 1 rings (SSSR count). The van der Waals surface area contributed by atoms with Crippen LogP contribution in [0.25, 0.3) is 0 Å². The van der Waals surface area contributed by atoms with Crippen LogP contribution >= 0.6 is 15.9 Å². The molecule has 3 nitrogen and oxygen atoms in total. The molecule has 84 valence electrons. The van der Waals surface area contributed by atoms with Crippen LogP contribution in [0.4, 0.5) is 4.39 Å². The summed E-state index contributed by atoms with van der Waals surface area (Å²) in [6.07, 6.45) is 0.516. The first-order valence-corrected chi connectivity index (χ1v) is 5.24. The van der Waals surface area contributed by atoms with Crippen LogP contribution in [0.15, 0.2) is 10.5 Å². The van der Waals surface area contributed by atoms with E-state index in [2.05, 4.69) is 20.8 Å². The molecule has 0 atom stereocenters. The summed E-state index contributed by atoms with van der Waals surface area (Å²) < 4.78 is 19.2. The third kappa shape index (κ3) is 2.68. The van der Waals surface area contributed by atoms with Gasteiger partial charge in [0.2, 0.25) is 0 Å². The van der Waals surface area contributed by atoms with Crippen molar-refractivity contribution in [3.8, 4) is 5.75 Å². The van der Waals surface area contributed by atoms with E-state index in [9.17, 15) is 4.39 Å². The van der Waals surface area contributed by atoms with E-state index >= 15 is 0 Å². The smallest absolute Gasteiger partial charge is 0.166 e. The molecule has 0 heterocycles. The highest BCUT2D eigenvalue weighted by Crippen LogP contribution is 2.31. The predicted molar refractivity (Wildman–Crippen MR) is 59.2 cm³/mol. The lowest BCUT2D eigenvalue weighted by molar-refractivity contribution is 0.140. The zero-order valence-corrected chi connectivity index (χ0v) is 10.2. The molecule has 0 bridgehead atoms. The zero-order valence-electron chi connectivity index (χ0n) is 8.64. The molecular weight excluding hydrogens is 265 g/mol. The average Bonchev–Trinajstić information content (AvgIpc) is 2.21. The van der Waals surface area contributed by atoms with Crippen molar-refractivity contribution in [3.05, 3.63) is 27.5 Å². The first-order chi connectivity index (χ1) is 7.11. The molecule has 0 unspecified atom stereocenters. The Bertz CT molecular complexity index is 358. The molecule has 0 fully saturated rings. The van der Waals surface area contributed by atoms with Crippen LogP contribution in [0.1, 0.15) is 11.1 Å². The SMILES string of the molecule is COc1c(F)cc(Br)c(C)c1CCON. The van der Waals surface area contributed by atoms with Gasteiger partial charge < -0.3 is 9.57 Å². The molecule has 0 aliphatic rings. The van der Waals surface area contributed by atoms with Crippen molar-refractivity contribution < 1.29 is 14.0 Å². The maximum Gasteiger partial charge on any atom is 0.166 e. The van der Waals surface area contributed by atoms with E-state index in [-0.39, 0.29) is 11.6 Å². The summed E-state index contributed by atoms with van der Waals surface area (Å²) in [5, 5.41) is 0. The molecule has 1 aromatic rings. The second kappa shape index (κ2) is 5.44. The highest BCUT2D eigenvalue weighted by Gasteiger charge is 2.14. The number of ether oxygens (including phenoxy) is 1. The van der Waals surface area contributed by atoms with Crippen LogP contribution < -0.4 is 10.6 Å². The van der Waals surface area contributed by atoms with Gasteiger partial charge in [0.15, 0.2) is 11.6 Å². The zero-order chi connectivity index (χ0) is 11.4. The molecule has 2 N–H and O–H groups in total. The molecule has 0 aliphatic carbocycles. The predicted octanol–water partition coefficient (Wildman–Crippen LogP) is 2.34. The van der Waals surface area contributed by atoms with Gasteiger partial charge in [0.05, 0.1) is 13.7 Å². The van der Waals surface area contributed by atoms with Crippen LogP contribution in [0.3, 0.4) is 0 Å². The fraction of sp³-hybridized carbons (Fsp3) is 0.400. The van der Waals surface area contributed by atoms with Gasteiger partial charge >= 0.3 is 0 Å². The molecule has 0 aromatic heterocycles.